The number of benzene rings is 2. The van der Waals surface area contributed by atoms with E-state index in [9.17, 15) is 4.79 Å². The predicted molar refractivity (Wildman–Crippen MR) is 127 cm³/mol. The van der Waals surface area contributed by atoms with Gasteiger partial charge in [0.15, 0.2) is 0 Å². The Bertz CT molecular complexity index is 1250. The molecule has 0 unspecified atom stereocenters. The molecule has 2 aromatic carbocycles. The number of halogens is 3. The van der Waals surface area contributed by atoms with Crippen molar-refractivity contribution in [3.8, 4) is 10.6 Å². The zero-order valence-electron chi connectivity index (χ0n) is 16.0. The van der Waals surface area contributed by atoms with Crippen LogP contribution in [0.5, 0.6) is 0 Å². The van der Waals surface area contributed by atoms with Crippen LogP contribution in [0.2, 0.25) is 15.1 Å². The molecule has 0 bridgehead atoms. The fourth-order valence-electron chi connectivity index (χ4n) is 3.14. The van der Waals surface area contributed by atoms with Gasteiger partial charge in [-0.05, 0) is 60.5 Å². The van der Waals surface area contributed by atoms with E-state index in [1.807, 2.05) is 24.3 Å². The van der Waals surface area contributed by atoms with E-state index in [0.29, 0.717) is 32.6 Å². The van der Waals surface area contributed by atoms with Crippen LogP contribution in [0.25, 0.3) is 21.5 Å². The minimum Gasteiger partial charge on any atom is -0.348 e. The van der Waals surface area contributed by atoms with Crippen molar-refractivity contribution < 1.29 is 4.79 Å². The monoisotopic (exact) mass is 474 g/mol. The Morgan fingerprint density at radius 1 is 1.00 bits per heavy atom. The lowest BCUT2D eigenvalue weighted by Crippen LogP contribution is -2.23. The van der Waals surface area contributed by atoms with E-state index in [1.54, 1.807) is 35.6 Å². The van der Waals surface area contributed by atoms with E-state index in [0.717, 1.165) is 28.1 Å². The molecule has 0 aliphatic carbocycles. The fraction of sp³-hybridized carbons (Fsp3) is 0.130. The molecule has 30 heavy (non-hydrogen) atoms. The summed E-state index contributed by atoms with van der Waals surface area (Å²) in [4.78, 5) is 20.2. The number of thiophene rings is 1. The van der Waals surface area contributed by atoms with Crippen LogP contribution < -0.4 is 5.32 Å². The Kier molecular flexibility index (Phi) is 6.30. The van der Waals surface area contributed by atoms with E-state index >= 15 is 0 Å². The summed E-state index contributed by atoms with van der Waals surface area (Å²) in [5, 5.41) is 5.16. The molecule has 0 saturated carbocycles. The first-order chi connectivity index (χ1) is 14.4. The lowest BCUT2D eigenvalue weighted by Gasteiger charge is -2.11. The SMILES string of the molecule is CCc1ccc(-c2cc(C(=O)NCc3ccc(Cl)c(Cl)c3)c3cc(Cl)ccc3n2)s1. The van der Waals surface area contributed by atoms with E-state index < -0.39 is 0 Å². The first kappa shape index (κ1) is 21.1. The number of nitrogens with zero attached hydrogens (tertiary/aromatic N) is 1. The smallest absolute Gasteiger partial charge is 0.252 e. The van der Waals surface area contributed by atoms with Crippen molar-refractivity contribution in [1.29, 1.82) is 0 Å². The fourth-order valence-corrected chi connectivity index (χ4v) is 4.55. The summed E-state index contributed by atoms with van der Waals surface area (Å²) in [5.74, 6) is -0.204. The maximum absolute atomic E-state index is 13.1. The third-order valence-corrected chi connectivity index (χ3v) is 6.94. The summed E-state index contributed by atoms with van der Waals surface area (Å²) in [6.45, 7) is 2.45. The summed E-state index contributed by atoms with van der Waals surface area (Å²) < 4.78 is 0. The molecule has 7 heteroatoms. The third-order valence-electron chi connectivity index (χ3n) is 4.72. The Labute approximate surface area is 193 Å². The quantitative estimate of drug-likeness (QED) is 0.326. The molecular weight excluding hydrogens is 459 g/mol. The molecule has 4 rings (SSSR count). The molecule has 2 heterocycles. The van der Waals surface area contributed by atoms with Gasteiger partial charge in [0.25, 0.3) is 5.91 Å². The second-order valence-electron chi connectivity index (χ2n) is 6.77. The topological polar surface area (TPSA) is 42.0 Å². The van der Waals surface area contributed by atoms with Crippen LogP contribution in [0.3, 0.4) is 0 Å². The largest absolute Gasteiger partial charge is 0.348 e. The summed E-state index contributed by atoms with van der Waals surface area (Å²) in [6.07, 6.45) is 0.963. The molecule has 0 fully saturated rings. The summed E-state index contributed by atoms with van der Waals surface area (Å²) >= 11 is 19.9. The van der Waals surface area contributed by atoms with Crippen LogP contribution >= 0.6 is 46.1 Å². The highest BCUT2D eigenvalue weighted by Gasteiger charge is 2.15. The second-order valence-corrected chi connectivity index (χ2v) is 9.19. The number of hydrogen-bond donors (Lipinski definition) is 1. The number of pyridine rings is 1. The molecule has 0 radical (unpaired) electrons. The second kappa shape index (κ2) is 8.94. The van der Waals surface area contributed by atoms with Gasteiger partial charge in [0, 0.05) is 21.8 Å². The lowest BCUT2D eigenvalue weighted by molar-refractivity contribution is 0.0952. The van der Waals surface area contributed by atoms with Gasteiger partial charge in [-0.3, -0.25) is 4.79 Å². The van der Waals surface area contributed by atoms with E-state index in [1.165, 1.54) is 4.88 Å². The number of hydrogen-bond acceptors (Lipinski definition) is 3. The van der Waals surface area contributed by atoms with Crippen LogP contribution in [0, 0.1) is 0 Å². The van der Waals surface area contributed by atoms with Gasteiger partial charge in [-0.25, -0.2) is 4.98 Å². The first-order valence-electron chi connectivity index (χ1n) is 9.36. The zero-order chi connectivity index (χ0) is 21.3. The van der Waals surface area contributed by atoms with Crippen molar-refractivity contribution >= 4 is 62.9 Å². The van der Waals surface area contributed by atoms with Crippen LogP contribution in [-0.4, -0.2) is 10.9 Å². The number of aromatic nitrogens is 1. The Balaban J connectivity index is 1.70. The van der Waals surface area contributed by atoms with Crippen molar-refractivity contribution in [3.63, 3.8) is 0 Å². The summed E-state index contributed by atoms with van der Waals surface area (Å²) in [7, 11) is 0. The molecule has 4 aromatic rings. The first-order valence-corrected chi connectivity index (χ1v) is 11.3. The van der Waals surface area contributed by atoms with Crippen LogP contribution in [0.15, 0.2) is 54.6 Å². The number of carbonyl (C=O) groups is 1. The van der Waals surface area contributed by atoms with E-state index in [4.69, 9.17) is 39.8 Å². The number of rotatable bonds is 5. The Morgan fingerprint density at radius 2 is 1.83 bits per heavy atom. The standard InChI is InChI=1S/C23H17Cl3N2OS/c1-2-15-5-8-22(30-15)21-11-17(16-10-14(24)4-7-20(16)28-21)23(29)27-12-13-3-6-18(25)19(26)9-13/h3-11H,2,12H2,1H3,(H,27,29). The normalized spacial score (nSPS) is 11.1. The Hall–Kier alpha value is -2.11. The van der Waals surface area contributed by atoms with Gasteiger partial charge in [0.05, 0.1) is 31.7 Å². The van der Waals surface area contributed by atoms with Crippen molar-refractivity contribution in [2.45, 2.75) is 19.9 Å². The minimum absolute atomic E-state index is 0.204. The van der Waals surface area contributed by atoms with Gasteiger partial charge in [-0.2, -0.15) is 0 Å². The Morgan fingerprint density at radius 3 is 2.57 bits per heavy atom. The van der Waals surface area contributed by atoms with Crippen LogP contribution in [-0.2, 0) is 13.0 Å². The molecule has 1 amide bonds. The molecule has 3 nitrogen and oxygen atoms in total. The highest BCUT2D eigenvalue weighted by molar-refractivity contribution is 7.15. The highest BCUT2D eigenvalue weighted by atomic mass is 35.5. The molecule has 1 N–H and O–H groups in total. The predicted octanol–water partition coefficient (Wildman–Crippen LogP) is 7.42. The highest BCUT2D eigenvalue weighted by Crippen LogP contribution is 2.31. The van der Waals surface area contributed by atoms with E-state index in [2.05, 4.69) is 18.3 Å². The maximum Gasteiger partial charge on any atom is 0.252 e. The van der Waals surface area contributed by atoms with Gasteiger partial charge in [0.2, 0.25) is 0 Å². The van der Waals surface area contributed by atoms with Crippen molar-refractivity contribution in [1.82, 2.24) is 10.3 Å². The zero-order valence-corrected chi connectivity index (χ0v) is 19.1. The number of amides is 1. The minimum atomic E-state index is -0.204. The molecular formula is C23H17Cl3N2OS. The summed E-state index contributed by atoms with van der Waals surface area (Å²) in [6, 6.07) is 16.7. The number of fused-ring (bicyclic) bond motifs is 1. The van der Waals surface area contributed by atoms with Gasteiger partial charge in [-0.1, -0.05) is 47.8 Å². The average molecular weight is 476 g/mol. The molecule has 0 aliphatic heterocycles. The van der Waals surface area contributed by atoms with E-state index in [-0.39, 0.29) is 5.91 Å². The molecule has 0 aliphatic rings. The van der Waals surface area contributed by atoms with Crippen molar-refractivity contribution in [2.24, 2.45) is 0 Å². The average Bonchev–Trinajstić information content (AvgIpc) is 3.23. The van der Waals surface area contributed by atoms with Crippen molar-refractivity contribution in [3.05, 3.63) is 85.7 Å². The van der Waals surface area contributed by atoms with Gasteiger partial charge >= 0.3 is 0 Å². The molecule has 0 saturated heterocycles. The van der Waals surface area contributed by atoms with Gasteiger partial charge in [0.1, 0.15) is 0 Å². The molecule has 0 spiro atoms. The number of nitrogens with one attached hydrogen (secondary N) is 1. The summed E-state index contributed by atoms with van der Waals surface area (Å²) in [5.41, 5.74) is 2.89. The number of carbonyl (C=O) groups excluding carboxylic acids is 1. The molecule has 0 atom stereocenters. The maximum atomic E-state index is 13.1. The van der Waals surface area contributed by atoms with Gasteiger partial charge < -0.3 is 5.32 Å². The lowest BCUT2D eigenvalue weighted by atomic mass is 10.1. The van der Waals surface area contributed by atoms with Crippen molar-refractivity contribution in [2.75, 3.05) is 0 Å². The molecule has 2 aromatic heterocycles. The van der Waals surface area contributed by atoms with Gasteiger partial charge in [-0.15, -0.1) is 11.3 Å². The van der Waals surface area contributed by atoms with Crippen LogP contribution in [0.4, 0.5) is 0 Å². The molecule has 152 valence electrons. The third kappa shape index (κ3) is 4.47. The van der Waals surface area contributed by atoms with Crippen LogP contribution in [0.1, 0.15) is 27.7 Å². The number of aryl methyl sites for hydroxylation is 1.